The number of rotatable bonds is 4. The third-order valence-electron chi connectivity index (χ3n) is 5.02. The fourth-order valence-electron chi connectivity index (χ4n) is 3.41. The first-order chi connectivity index (χ1) is 14.6. The number of hydrogen-bond donors (Lipinski definition) is 1. The van der Waals surface area contributed by atoms with Crippen LogP contribution in [0.15, 0.2) is 42.5 Å². The summed E-state index contributed by atoms with van der Waals surface area (Å²) in [5, 5.41) is 3.54. The molecule has 30 heavy (non-hydrogen) atoms. The molecule has 1 N–H and O–H groups in total. The monoisotopic (exact) mass is 427 g/mol. The molecule has 0 aliphatic carbocycles. The first-order valence-electron chi connectivity index (χ1n) is 9.54. The maximum absolute atomic E-state index is 12.8. The van der Waals surface area contributed by atoms with Gasteiger partial charge in [-0.2, -0.15) is 0 Å². The van der Waals surface area contributed by atoms with E-state index < -0.39 is 0 Å². The number of aromatic nitrogens is 2. The van der Waals surface area contributed by atoms with Crippen LogP contribution in [-0.4, -0.2) is 61.3 Å². The SMILES string of the molecule is COc1ccc2nc(OC)c(NC(=O)N3CCN(c4ccccc4Cl)CC3)nc2c1. The Hall–Kier alpha value is -3.26. The van der Waals surface area contributed by atoms with E-state index in [1.165, 1.54) is 7.11 Å². The molecule has 3 aromatic rings. The number of benzene rings is 2. The summed E-state index contributed by atoms with van der Waals surface area (Å²) in [5.41, 5.74) is 2.24. The van der Waals surface area contributed by atoms with Crippen molar-refractivity contribution in [2.75, 3.05) is 50.6 Å². The molecule has 1 aliphatic rings. The Morgan fingerprint density at radius 1 is 1.00 bits per heavy atom. The van der Waals surface area contributed by atoms with Crippen molar-refractivity contribution >= 4 is 40.2 Å². The number of methoxy groups -OCH3 is 2. The topological polar surface area (TPSA) is 79.8 Å². The molecule has 1 aliphatic heterocycles. The van der Waals surface area contributed by atoms with Crippen molar-refractivity contribution in [1.82, 2.24) is 14.9 Å². The first kappa shape index (κ1) is 20.0. The van der Waals surface area contributed by atoms with E-state index in [0.29, 0.717) is 48.0 Å². The number of urea groups is 1. The molecule has 0 spiro atoms. The zero-order chi connectivity index (χ0) is 21.1. The van der Waals surface area contributed by atoms with E-state index in [1.807, 2.05) is 24.3 Å². The van der Waals surface area contributed by atoms with Crippen LogP contribution in [0.5, 0.6) is 11.6 Å². The molecule has 0 atom stereocenters. The number of ether oxygens (including phenoxy) is 2. The zero-order valence-electron chi connectivity index (χ0n) is 16.8. The number of carbonyl (C=O) groups excluding carboxylic acids is 1. The number of hydrogen-bond acceptors (Lipinski definition) is 6. The van der Waals surface area contributed by atoms with Gasteiger partial charge < -0.3 is 19.3 Å². The average Bonchev–Trinajstić information content (AvgIpc) is 2.78. The molecular weight excluding hydrogens is 406 g/mol. The number of carbonyl (C=O) groups is 1. The maximum atomic E-state index is 12.8. The van der Waals surface area contributed by atoms with Crippen LogP contribution in [0.4, 0.5) is 16.3 Å². The Kier molecular flexibility index (Phi) is 5.76. The number of piperazine rings is 1. The summed E-state index contributed by atoms with van der Waals surface area (Å²) >= 11 is 6.29. The first-order valence-corrected chi connectivity index (χ1v) is 9.92. The van der Waals surface area contributed by atoms with E-state index in [4.69, 9.17) is 21.1 Å². The Labute approximate surface area is 179 Å². The average molecular weight is 428 g/mol. The summed E-state index contributed by atoms with van der Waals surface area (Å²) in [6.45, 7) is 2.51. The predicted molar refractivity (Wildman–Crippen MR) is 117 cm³/mol. The van der Waals surface area contributed by atoms with Gasteiger partial charge in [0.2, 0.25) is 0 Å². The zero-order valence-corrected chi connectivity index (χ0v) is 17.5. The molecule has 2 amide bonds. The highest BCUT2D eigenvalue weighted by Crippen LogP contribution is 2.28. The molecule has 156 valence electrons. The van der Waals surface area contributed by atoms with Crippen molar-refractivity contribution in [3.63, 3.8) is 0 Å². The fraction of sp³-hybridized carbons (Fsp3) is 0.286. The molecule has 1 saturated heterocycles. The summed E-state index contributed by atoms with van der Waals surface area (Å²) in [4.78, 5) is 25.7. The van der Waals surface area contributed by atoms with Crippen molar-refractivity contribution < 1.29 is 14.3 Å². The Morgan fingerprint density at radius 3 is 2.47 bits per heavy atom. The standard InChI is InChI=1S/C21H22ClN5O3/c1-29-14-7-8-16-17(13-14)23-19(20(24-16)30-2)25-21(28)27-11-9-26(10-12-27)18-6-4-3-5-15(18)22/h3-8,13H,9-12H2,1-2H3,(H,23,25,28). The number of anilines is 2. The van der Waals surface area contributed by atoms with Gasteiger partial charge in [-0.15, -0.1) is 0 Å². The molecule has 1 fully saturated rings. The number of para-hydroxylation sites is 1. The minimum atomic E-state index is -0.247. The summed E-state index contributed by atoms with van der Waals surface area (Å²) in [6, 6.07) is 12.8. The highest BCUT2D eigenvalue weighted by molar-refractivity contribution is 6.33. The third kappa shape index (κ3) is 4.04. The molecule has 0 saturated carbocycles. The number of fused-ring (bicyclic) bond motifs is 1. The third-order valence-corrected chi connectivity index (χ3v) is 5.34. The quantitative estimate of drug-likeness (QED) is 0.684. The normalized spacial score (nSPS) is 14.0. The van der Waals surface area contributed by atoms with Crippen LogP contribution in [0, 0.1) is 0 Å². The Morgan fingerprint density at radius 2 is 1.77 bits per heavy atom. The highest BCUT2D eigenvalue weighted by atomic mass is 35.5. The molecule has 0 unspecified atom stereocenters. The van der Waals surface area contributed by atoms with E-state index in [0.717, 1.165) is 5.69 Å². The van der Waals surface area contributed by atoms with Gasteiger partial charge in [0.05, 0.1) is 36.0 Å². The molecule has 9 heteroatoms. The van der Waals surface area contributed by atoms with Gasteiger partial charge in [0, 0.05) is 32.2 Å². The molecule has 1 aromatic heterocycles. The molecule has 0 radical (unpaired) electrons. The molecule has 2 aromatic carbocycles. The minimum Gasteiger partial charge on any atom is -0.497 e. The maximum Gasteiger partial charge on any atom is 0.323 e. The van der Waals surface area contributed by atoms with Gasteiger partial charge in [-0.3, -0.25) is 5.32 Å². The Balaban J connectivity index is 1.47. The highest BCUT2D eigenvalue weighted by Gasteiger charge is 2.24. The van der Waals surface area contributed by atoms with Crippen molar-refractivity contribution in [3.05, 3.63) is 47.5 Å². The van der Waals surface area contributed by atoms with Gasteiger partial charge >= 0.3 is 6.03 Å². The van der Waals surface area contributed by atoms with Crippen LogP contribution in [-0.2, 0) is 0 Å². The van der Waals surface area contributed by atoms with E-state index in [1.54, 1.807) is 30.2 Å². The van der Waals surface area contributed by atoms with Crippen molar-refractivity contribution in [1.29, 1.82) is 0 Å². The van der Waals surface area contributed by atoms with Gasteiger partial charge in [-0.25, -0.2) is 14.8 Å². The predicted octanol–water partition coefficient (Wildman–Crippen LogP) is 3.65. The van der Waals surface area contributed by atoms with Crippen molar-refractivity contribution in [2.24, 2.45) is 0 Å². The second-order valence-electron chi connectivity index (χ2n) is 6.79. The van der Waals surface area contributed by atoms with Gasteiger partial charge in [0.15, 0.2) is 5.82 Å². The lowest BCUT2D eigenvalue weighted by Gasteiger charge is -2.36. The molecule has 2 heterocycles. The van der Waals surface area contributed by atoms with E-state index >= 15 is 0 Å². The van der Waals surface area contributed by atoms with Crippen molar-refractivity contribution in [2.45, 2.75) is 0 Å². The number of nitrogens with zero attached hydrogens (tertiary/aromatic N) is 4. The van der Waals surface area contributed by atoms with E-state index in [9.17, 15) is 4.79 Å². The molecule has 0 bridgehead atoms. The molecule has 4 rings (SSSR count). The van der Waals surface area contributed by atoms with Crippen molar-refractivity contribution in [3.8, 4) is 11.6 Å². The van der Waals surface area contributed by atoms with Gasteiger partial charge in [-0.05, 0) is 24.3 Å². The second-order valence-corrected chi connectivity index (χ2v) is 7.20. The summed E-state index contributed by atoms with van der Waals surface area (Å²) in [5.74, 6) is 1.20. The van der Waals surface area contributed by atoms with Crippen LogP contribution >= 0.6 is 11.6 Å². The molecular formula is C21H22ClN5O3. The van der Waals surface area contributed by atoms with Gasteiger partial charge in [0.1, 0.15) is 5.75 Å². The van der Waals surface area contributed by atoms with Crippen LogP contribution in [0.2, 0.25) is 5.02 Å². The lowest BCUT2D eigenvalue weighted by Crippen LogP contribution is -2.50. The number of halogens is 1. The van der Waals surface area contributed by atoms with Gasteiger partial charge in [-0.1, -0.05) is 23.7 Å². The van der Waals surface area contributed by atoms with E-state index in [2.05, 4.69) is 20.2 Å². The number of amides is 2. The van der Waals surface area contributed by atoms with E-state index in [-0.39, 0.29) is 17.7 Å². The van der Waals surface area contributed by atoms with Crippen LogP contribution in [0.1, 0.15) is 0 Å². The van der Waals surface area contributed by atoms with Crippen LogP contribution in [0.25, 0.3) is 11.0 Å². The summed E-state index contributed by atoms with van der Waals surface area (Å²) < 4.78 is 10.6. The Bertz CT molecular complexity index is 1070. The smallest absolute Gasteiger partial charge is 0.323 e. The van der Waals surface area contributed by atoms with Crippen LogP contribution < -0.4 is 19.7 Å². The lowest BCUT2D eigenvalue weighted by molar-refractivity contribution is 0.208. The lowest BCUT2D eigenvalue weighted by atomic mass is 10.2. The second kappa shape index (κ2) is 8.62. The largest absolute Gasteiger partial charge is 0.497 e. The fourth-order valence-corrected chi connectivity index (χ4v) is 3.66. The minimum absolute atomic E-state index is 0.247. The summed E-state index contributed by atoms with van der Waals surface area (Å²) in [6.07, 6.45) is 0. The van der Waals surface area contributed by atoms with Gasteiger partial charge in [0.25, 0.3) is 5.88 Å². The summed E-state index contributed by atoms with van der Waals surface area (Å²) in [7, 11) is 3.08. The van der Waals surface area contributed by atoms with Crippen LogP contribution in [0.3, 0.4) is 0 Å². The molecule has 8 nitrogen and oxygen atoms in total. The number of nitrogens with one attached hydrogen (secondary N) is 1.